The third-order valence-corrected chi connectivity index (χ3v) is 7.97. The zero-order chi connectivity index (χ0) is 26.5. The fourth-order valence-corrected chi connectivity index (χ4v) is 6.03. The molecule has 1 aliphatic heterocycles. The number of fused-ring (bicyclic) bond motifs is 1. The normalized spacial score (nSPS) is 17.4. The standard InChI is InChI=1S/C29H32N4O4S/c1-35-22-9-11-24(12-10-22)38-25-15-26(29(34)30-16-21-18-32-13-5-4-6-28(32)31-21)33(19-25)17-20-7-8-23(36-2)14-27(20)37-3/h4-14,18,25-26H,15-17,19H2,1-3H3,(H,30,34)/t25-,26+/m1/s1. The maximum Gasteiger partial charge on any atom is 0.237 e. The first-order valence-corrected chi connectivity index (χ1v) is 13.4. The molecule has 0 saturated carbocycles. The van der Waals surface area contributed by atoms with E-state index >= 15 is 0 Å². The first-order chi connectivity index (χ1) is 18.6. The Labute approximate surface area is 226 Å². The predicted molar refractivity (Wildman–Crippen MR) is 148 cm³/mol. The van der Waals surface area contributed by atoms with E-state index in [2.05, 4.69) is 27.3 Å². The molecule has 1 fully saturated rings. The minimum absolute atomic E-state index is 0.00682. The molecule has 38 heavy (non-hydrogen) atoms. The lowest BCUT2D eigenvalue weighted by Crippen LogP contribution is -2.42. The van der Waals surface area contributed by atoms with Crippen molar-refractivity contribution in [3.63, 3.8) is 0 Å². The number of carbonyl (C=O) groups is 1. The lowest BCUT2D eigenvalue weighted by Gasteiger charge is -2.24. The molecular formula is C29H32N4O4S. The summed E-state index contributed by atoms with van der Waals surface area (Å²) in [7, 11) is 4.96. The first-order valence-electron chi connectivity index (χ1n) is 12.5. The van der Waals surface area contributed by atoms with Gasteiger partial charge >= 0.3 is 0 Å². The molecule has 0 unspecified atom stereocenters. The number of rotatable bonds is 10. The summed E-state index contributed by atoms with van der Waals surface area (Å²) in [5.74, 6) is 2.33. The summed E-state index contributed by atoms with van der Waals surface area (Å²) < 4.78 is 18.2. The third kappa shape index (κ3) is 5.89. The predicted octanol–water partition coefficient (Wildman–Crippen LogP) is 4.41. The number of aromatic nitrogens is 2. The molecule has 1 saturated heterocycles. The van der Waals surface area contributed by atoms with Gasteiger partial charge in [0.15, 0.2) is 0 Å². The lowest BCUT2D eigenvalue weighted by atomic mass is 10.1. The average molecular weight is 533 g/mol. The van der Waals surface area contributed by atoms with E-state index < -0.39 is 0 Å². The minimum atomic E-state index is -0.269. The second-order valence-corrected chi connectivity index (χ2v) is 10.6. The first kappa shape index (κ1) is 25.9. The van der Waals surface area contributed by atoms with Crippen LogP contribution in [0.4, 0.5) is 0 Å². The van der Waals surface area contributed by atoms with Crippen molar-refractivity contribution >= 4 is 23.3 Å². The van der Waals surface area contributed by atoms with Crippen LogP contribution in [0.5, 0.6) is 17.2 Å². The topological polar surface area (TPSA) is 77.3 Å². The molecule has 9 heteroatoms. The number of amides is 1. The highest BCUT2D eigenvalue weighted by atomic mass is 32.2. The van der Waals surface area contributed by atoms with Gasteiger partial charge in [0, 0.05) is 47.3 Å². The number of likely N-dealkylation sites (tertiary alicyclic amines) is 1. The number of ether oxygens (including phenoxy) is 3. The number of hydrogen-bond donors (Lipinski definition) is 1. The van der Waals surface area contributed by atoms with Gasteiger partial charge in [0.2, 0.25) is 5.91 Å². The zero-order valence-corrected chi connectivity index (χ0v) is 22.6. The number of thioether (sulfide) groups is 1. The van der Waals surface area contributed by atoms with Crippen LogP contribution in [-0.2, 0) is 17.9 Å². The Balaban J connectivity index is 1.32. The Kier molecular flexibility index (Phi) is 8.05. The summed E-state index contributed by atoms with van der Waals surface area (Å²) in [6, 6.07) is 19.5. The van der Waals surface area contributed by atoms with E-state index in [9.17, 15) is 4.79 Å². The van der Waals surface area contributed by atoms with Gasteiger partial charge in [-0.25, -0.2) is 4.98 Å². The van der Waals surface area contributed by atoms with Crippen LogP contribution in [0.1, 0.15) is 17.7 Å². The number of nitrogens with one attached hydrogen (secondary N) is 1. The van der Waals surface area contributed by atoms with Crippen molar-refractivity contribution in [2.24, 2.45) is 0 Å². The Bertz CT molecular complexity index is 1360. The van der Waals surface area contributed by atoms with E-state index in [1.807, 2.05) is 65.3 Å². The lowest BCUT2D eigenvalue weighted by molar-refractivity contribution is -0.125. The van der Waals surface area contributed by atoms with Crippen LogP contribution in [0.15, 0.2) is 78.0 Å². The SMILES string of the molecule is COc1ccc(S[C@@H]2C[C@@H](C(=O)NCc3cn4ccccc4n3)N(Cc3ccc(OC)cc3OC)C2)cc1. The number of methoxy groups -OCH3 is 3. The van der Waals surface area contributed by atoms with Crippen molar-refractivity contribution in [1.82, 2.24) is 19.6 Å². The van der Waals surface area contributed by atoms with E-state index in [1.54, 1.807) is 33.1 Å². The van der Waals surface area contributed by atoms with Crippen LogP contribution in [0.2, 0.25) is 0 Å². The molecule has 8 nitrogen and oxygen atoms in total. The molecule has 0 radical (unpaired) electrons. The van der Waals surface area contributed by atoms with Crippen LogP contribution in [0.3, 0.4) is 0 Å². The molecule has 2 atom stereocenters. The van der Waals surface area contributed by atoms with Gasteiger partial charge in [-0.2, -0.15) is 0 Å². The Morgan fingerprint density at radius 1 is 1.03 bits per heavy atom. The Hall–Kier alpha value is -3.69. The van der Waals surface area contributed by atoms with E-state index in [0.29, 0.717) is 13.1 Å². The number of pyridine rings is 1. The fourth-order valence-electron chi connectivity index (χ4n) is 4.81. The molecule has 1 aliphatic rings. The highest BCUT2D eigenvalue weighted by Gasteiger charge is 2.37. The highest BCUT2D eigenvalue weighted by Crippen LogP contribution is 2.36. The van der Waals surface area contributed by atoms with Gasteiger partial charge in [0.1, 0.15) is 22.9 Å². The molecule has 1 N–H and O–H groups in total. The maximum atomic E-state index is 13.5. The maximum absolute atomic E-state index is 13.5. The molecule has 1 amide bonds. The Morgan fingerprint density at radius 3 is 2.55 bits per heavy atom. The number of carbonyl (C=O) groups excluding carboxylic acids is 1. The molecule has 0 bridgehead atoms. The highest BCUT2D eigenvalue weighted by molar-refractivity contribution is 8.00. The van der Waals surface area contributed by atoms with Crippen LogP contribution in [0, 0.1) is 0 Å². The van der Waals surface area contributed by atoms with Crippen molar-refractivity contribution in [2.75, 3.05) is 27.9 Å². The zero-order valence-electron chi connectivity index (χ0n) is 21.8. The second-order valence-electron chi connectivity index (χ2n) is 9.19. The third-order valence-electron chi connectivity index (χ3n) is 6.76. The van der Waals surface area contributed by atoms with Gasteiger partial charge in [-0.1, -0.05) is 12.1 Å². The summed E-state index contributed by atoms with van der Waals surface area (Å²) >= 11 is 1.80. The number of imidazole rings is 1. The molecule has 0 spiro atoms. The summed E-state index contributed by atoms with van der Waals surface area (Å²) in [5, 5.41) is 3.39. The van der Waals surface area contributed by atoms with Gasteiger partial charge in [-0.15, -0.1) is 11.8 Å². The monoisotopic (exact) mass is 532 g/mol. The molecule has 2 aromatic carbocycles. The van der Waals surface area contributed by atoms with Crippen LogP contribution in [0.25, 0.3) is 5.65 Å². The van der Waals surface area contributed by atoms with Gasteiger partial charge in [0.25, 0.3) is 0 Å². The summed E-state index contributed by atoms with van der Waals surface area (Å²) in [6.07, 6.45) is 4.65. The minimum Gasteiger partial charge on any atom is -0.497 e. The van der Waals surface area contributed by atoms with Gasteiger partial charge in [-0.05, 0) is 48.9 Å². The molecule has 5 rings (SSSR count). The number of hydrogen-bond acceptors (Lipinski definition) is 7. The molecule has 198 valence electrons. The van der Waals surface area contributed by atoms with Crippen molar-refractivity contribution < 1.29 is 19.0 Å². The molecule has 0 aliphatic carbocycles. The van der Waals surface area contributed by atoms with Crippen molar-refractivity contribution in [3.8, 4) is 17.2 Å². The number of benzene rings is 2. The van der Waals surface area contributed by atoms with Crippen LogP contribution in [-0.4, -0.2) is 59.4 Å². The van der Waals surface area contributed by atoms with Crippen molar-refractivity contribution in [3.05, 3.63) is 84.3 Å². The largest absolute Gasteiger partial charge is 0.497 e. The van der Waals surface area contributed by atoms with Gasteiger partial charge in [0.05, 0.1) is 39.6 Å². The van der Waals surface area contributed by atoms with E-state index in [4.69, 9.17) is 14.2 Å². The quantitative estimate of drug-likeness (QED) is 0.324. The van der Waals surface area contributed by atoms with Crippen molar-refractivity contribution in [1.29, 1.82) is 0 Å². The van der Waals surface area contributed by atoms with E-state index in [1.165, 1.54) is 0 Å². The van der Waals surface area contributed by atoms with Crippen LogP contribution >= 0.6 is 11.8 Å². The Morgan fingerprint density at radius 2 is 1.82 bits per heavy atom. The molecule has 4 aromatic rings. The smallest absolute Gasteiger partial charge is 0.237 e. The van der Waals surface area contributed by atoms with Gasteiger partial charge < -0.3 is 23.9 Å². The summed E-state index contributed by atoms with van der Waals surface area (Å²) in [4.78, 5) is 21.5. The summed E-state index contributed by atoms with van der Waals surface area (Å²) in [6.45, 7) is 1.75. The average Bonchev–Trinajstić information content (AvgIpc) is 3.56. The van der Waals surface area contributed by atoms with Crippen molar-refractivity contribution in [2.45, 2.75) is 35.7 Å². The van der Waals surface area contributed by atoms with Gasteiger partial charge in [-0.3, -0.25) is 9.69 Å². The second kappa shape index (κ2) is 11.8. The molecular weight excluding hydrogens is 500 g/mol. The summed E-state index contributed by atoms with van der Waals surface area (Å²) in [5.41, 5.74) is 2.71. The molecule has 2 aromatic heterocycles. The molecule has 3 heterocycles. The van der Waals surface area contributed by atoms with Crippen LogP contribution < -0.4 is 19.5 Å². The number of nitrogens with zero attached hydrogens (tertiary/aromatic N) is 3. The fraction of sp³-hybridized carbons (Fsp3) is 0.310. The van der Waals surface area contributed by atoms with E-state index in [-0.39, 0.29) is 17.2 Å². The van der Waals surface area contributed by atoms with E-state index in [0.717, 1.165) is 52.0 Å².